The molecule has 0 radical (unpaired) electrons. The van der Waals surface area contributed by atoms with Crippen molar-refractivity contribution in [3.05, 3.63) is 46.5 Å². The predicted octanol–water partition coefficient (Wildman–Crippen LogP) is 3.16. The second kappa shape index (κ2) is 5.19. The van der Waals surface area contributed by atoms with Crippen molar-refractivity contribution in [2.24, 2.45) is 0 Å². The summed E-state index contributed by atoms with van der Waals surface area (Å²) in [6.07, 6.45) is 2.95. The van der Waals surface area contributed by atoms with Crippen LogP contribution in [-0.4, -0.2) is 16.7 Å². The van der Waals surface area contributed by atoms with Crippen LogP contribution in [0.4, 0.5) is 0 Å². The van der Waals surface area contributed by atoms with E-state index in [1.54, 1.807) is 7.11 Å². The van der Waals surface area contributed by atoms with E-state index in [1.165, 1.54) is 11.3 Å². The summed E-state index contributed by atoms with van der Waals surface area (Å²) in [6.45, 7) is 2.93. The molecule has 0 fully saturated rings. The average molecular weight is 248 g/mol. The molecule has 1 N–H and O–H groups in total. The Bertz CT molecular complexity index is 539. The first-order chi connectivity index (χ1) is 8.24. The van der Waals surface area contributed by atoms with Crippen LogP contribution in [0.5, 0.6) is 5.75 Å². The van der Waals surface area contributed by atoms with Crippen molar-refractivity contribution < 1.29 is 4.74 Å². The average Bonchev–Trinajstić information content (AvgIpc) is 2.71. The Balaban J connectivity index is 2.24. The number of nitrogens with one attached hydrogen (secondary N) is 1. The van der Waals surface area contributed by atoms with E-state index < -0.39 is 0 Å². The molecule has 1 aromatic carbocycles. The van der Waals surface area contributed by atoms with Gasteiger partial charge in [-0.05, 0) is 36.3 Å². The molecule has 0 aliphatic carbocycles. The number of aryl methyl sites for hydroxylation is 1. The molecule has 4 heteroatoms. The van der Waals surface area contributed by atoms with Crippen molar-refractivity contribution in [1.82, 2.24) is 9.55 Å². The van der Waals surface area contributed by atoms with Gasteiger partial charge in [0.1, 0.15) is 5.75 Å². The highest BCUT2D eigenvalue weighted by molar-refractivity contribution is 7.71. The number of methoxy groups -OCH3 is 1. The highest BCUT2D eigenvalue weighted by Crippen LogP contribution is 2.13. The van der Waals surface area contributed by atoms with E-state index in [-0.39, 0.29) is 0 Å². The molecule has 1 heterocycles. The molecule has 0 atom stereocenters. The summed E-state index contributed by atoms with van der Waals surface area (Å²) >= 11 is 5.27. The summed E-state index contributed by atoms with van der Waals surface area (Å²) in [5.74, 6) is 0.877. The Morgan fingerprint density at radius 3 is 2.59 bits per heavy atom. The summed E-state index contributed by atoms with van der Waals surface area (Å²) in [4.78, 5) is 3.08. The van der Waals surface area contributed by atoms with E-state index in [0.717, 1.165) is 23.5 Å². The largest absolute Gasteiger partial charge is 0.497 e. The topological polar surface area (TPSA) is 29.9 Å². The third kappa shape index (κ3) is 2.58. The first-order valence-electron chi connectivity index (χ1n) is 5.64. The normalized spacial score (nSPS) is 10.5. The zero-order chi connectivity index (χ0) is 12.3. The summed E-state index contributed by atoms with van der Waals surface area (Å²) in [7, 11) is 1.67. The number of H-pyrrole nitrogens is 1. The number of benzene rings is 1. The lowest BCUT2D eigenvalue weighted by Gasteiger charge is -2.07. The molecule has 0 amide bonds. The van der Waals surface area contributed by atoms with Crippen molar-refractivity contribution in [3.63, 3.8) is 0 Å². The van der Waals surface area contributed by atoms with Crippen LogP contribution in [0.3, 0.4) is 0 Å². The first kappa shape index (κ1) is 11.9. The molecule has 17 heavy (non-hydrogen) atoms. The van der Waals surface area contributed by atoms with Gasteiger partial charge in [-0.3, -0.25) is 0 Å². The first-order valence-corrected chi connectivity index (χ1v) is 6.05. The molecule has 0 bridgehead atoms. The van der Waals surface area contributed by atoms with Gasteiger partial charge in [-0.2, -0.15) is 0 Å². The number of ether oxygens (including phenoxy) is 1. The number of rotatable bonds is 4. The van der Waals surface area contributed by atoms with Gasteiger partial charge in [0.25, 0.3) is 0 Å². The maximum Gasteiger partial charge on any atom is 0.177 e. The molecule has 0 saturated carbocycles. The highest BCUT2D eigenvalue weighted by Gasteiger charge is 2.03. The molecule has 0 spiro atoms. The van der Waals surface area contributed by atoms with Crippen LogP contribution in [0.2, 0.25) is 0 Å². The third-order valence-corrected chi connectivity index (χ3v) is 3.15. The van der Waals surface area contributed by atoms with Crippen LogP contribution in [-0.2, 0) is 13.0 Å². The van der Waals surface area contributed by atoms with Crippen LogP contribution in [0.15, 0.2) is 30.5 Å². The van der Waals surface area contributed by atoms with Gasteiger partial charge < -0.3 is 14.3 Å². The lowest BCUT2D eigenvalue weighted by molar-refractivity contribution is 0.414. The second-order valence-corrected chi connectivity index (χ2v) is 4.26. The summed E-state index contributed by atoms with van der Waals surface area (Å²) in [6, 6.07) is 8.06. The predicted molar refractivity (Wildman–Crippen MR) is 71.1 cm³/mol. The highest BCUT2D eigenvalue weighted by atomic mass is 32.1. The van der Waals surface area contributed by atoms with Gasteiger partial charge in [-0.15, -0.1) is 0 Å². The van der Waals surface area contributed by atoms with Crippen LogP contribution in [0.1, 0.15) is 18.2 Å². The monoisotopic (exact) mass is 248 g/mol. The van der Waals surface area contributed by atoms with Gasteiger partial charge in [-0.1, -0.05) is 19.1 Å². The molecule has 0 aliphatic rings. The summed E-state index contributed by atoms with van der Waals surface area (Å²) < 4.78 is 8.04. The Kier molecular flexibility index (Phi) is 3.64. The minimum atomic E-state index is 0.776. The van der Waals surface area contributed by atoms with Crippen LogP contribution < -0.4 is 4.74 Å². The van der Waals surface area contributed by atoms with E-state index in [0.29, 0.717) is 0 Å². The van der Waals surface area contributed by atoms with E-state index in [9.17, 15) is 0 Å². The van der Waals surface area contributed by atoms with E-state index in [1.807, 2.05) is 18.3 Å². The number of hydrogen-bond donors (Lipinski definition) is 1. The van der Waals surface area contributed by atoms with Crippen LogP contribution >= 0.6 is 12.2 Å². The standard InChI is InChI=1S/C13H16N2OS/c1-3-11-8-14-13(17)15(11)9-10-4-6-12(16-2)7-5-10/h4-8H,3,9H2,1-2H3,(H,14,17). The number of nitrogens with zero attached hydrogens (tertiary/aromatic N) is 1. The molecule has 0 saturated heterocycles. The molecule has 2 aromatic rings. The Hall–Kier alpha value is -1.55. The second-order valence-electron chi connectivity index (χ2n) is 3.87. The van der Waals surface area contributed by atoms with Crippen LogP contribution in [0.25, 0.3) is 0 Å². The van der Waals surface area contributed by atoms with Crippen molar-refractivity contribution in [3.8, 4) is 5.75 Å². The van der Waals surface area contributed by atoms with Crippen molar-refractivity contribution in [2.45, 2.75) is 19.9 Å². The molecule has 0 unspecified atom stereocenters. The smallest absolute Gasteiger partial charge is 0.177 e. The van der Waals surface area contributed by atoms with E-state index >= 15 is 0 Å². The van der Waals surface area contributed by atoms with Gasteiger partial charge in [0, 0.05) is 11.9 Å². The molecule has 2 rings (SSSR count). The number of imidazole rings is 1. The minimum Gasteiger partial charge on any atom is -0.497 e. The minimum absolute atomic E-state index is 0.776. The fourth-order valence-corrected chi connectivity index (χ4v) is 2.05. The van der Waals surface area contributed by atoms with Gasteiger partial charge in [0.05, 0.1) is 13.7 Å². The molecular formula is C13H16N2OS. The summed E-state index contributed by atoms with van der Waals surface area (Å²) in [5, 5.41) is 0. The number of aromatic amines is 1. The lowest BCUT2D eigenvalue weighted by atomic mass is 10.2. The Morgan fingerprint density at radius 2 is 2.00 bits per heavy atom. The molecule has 3 nitrogen and oxygen atoms in total. The van der Waals surface area contributed by atoms with Crippen LogP contribution in [0, 0.1) is 4.77 Å². The third-order valence-electron chi connectivity index (χ3n) is 2.82. The zero-order valence-electron chi connectivity index (χ0n) is 10.1. The fourth-order valence-electron chi connectivity index (χ4n) is 1.81. The lowest BCUT2D eigenvalue weighted by Crippen LogP contribution is -2.03. The van der Waals surface area contributed by atoms with E-state index in [4.69, 9.17) is 17.0 Å². The molecule has 0 aliphatic heterocycles. The Labute approximate surface area is 106 Å². The quantitative estimate of drug-likeness (QED) is 0.842. The van der Waals surface area contributed by atoms with Gasteiger partial charge in [0.2, 0.25) is 0 Å². The molecular weight excluding hydrogens is 232 g/mol. The van der Waals surface area contributed by atoms with Gasteiger partial charge in [-0.25, -0.2) is 0 Å². The van der Waals surface area contributed by atoms with Crippen molar-refractivity contribution in [2.75, 3.05) is 7.11 Å². The molecule has 90 valence electrons. The Morgan fingerprint density at radius 1 is 1.29 bits per heavy atom. The maximum absolute atomic E-state index is 5.27. The van der Waals surface area contributed by atoms with Crippen molar-refractivity contribution >= 4 is 12.2 Å². The SMILES string of the molecule is CCc1c[nH]c(=S)n1Cc1ccc(OC)cc1. The number of aromatic nitrogens is 2. The van der Waals surface area contributed by atoms with Gasteiger partial charge in [0.15, 0.2) is 4.77 Å². The number of hydrogen-bond acceptors (Lipinski definition) is 2. The van der Waals surface area contributed by atoms with E-state index in [2.05, 4.69) is 28.6 Å². The fraction of sp³-hybridized carbons (Fsp3) is 0.308. The maximum atomic E-state index is 5.27. The summed E-state index contributed by atoms with van der Waals surface area (Å²) in [5.41, 5.74) is 2.45. The van der Waals surface area contributed by atoms with Gasteiger partial charge >= 0.3 is 0 Å². The zero-order valence-corrected chi connectivity index (χ0v) is 10.9. The molecule has 1 aromatic heterocycles. The van der Waals surface area contributed by atoms with Crippen molar-refractivity contribution in [1.29, 1.82) is 0 Å².